The molecule has 2 N–H and O–H groups in total. The third kappa shape index (κ3) is 6.67. The minimum absolute atomic E-state index is 0.0265. The zero-order valence-corrected chi connectivity index (χ0v) is 23.0. The maximum absolute atomic E-state index is 11.1. The summed E-state index contributed by atoms with van der Waals surface area (Å²) in [5, 5.41) is 21.7. The maximum atomic E-state index is 11.1. The van der Waals surface area contributed by atoms with Crippen molar-refractivity contribution in [1.29, 1.82) is 0 Å². The number of methoxy groups -OCH3 is 1. The number of benzene rings is 3. The summed E-state index contributed by atoms with van der Waals surface area (Å²) >= 11 is 0. The van der Waals surface area contributed by atoms with Crippen molar-refractivity contribution in [3.05, 3.63) is 89.0 Å². The second-order valence-corrected chi connectivity index (χ2v) is 11.2. The van der Waals surface area contributed by atoms with E-state index in [1.54, 1.807) is 24.6 Å². The number of allylic oxidation sites excluding steroid dienone is 1. The van der Waals surface area contributed by atoms with Crippen LogP contribution < -0.4 is 4.74 Å². The number of aromatic hydroxyl groups is 2. The SMILES string of the molecule is C=CCc1cc(C=Nc2ccccc2N=Cc2cc(C(C)(C)C)cc(C(C)(C)C)c2O)c(O)c(OC)c1. The molecular formula is C32H38N2O3. The van der Waals surface area contributed by atoms with Gasteiger partial charge in [-0.15, -0.1) is 6.58 Å². The topological polar surface area (TPSA) is 74.4 Å². The first kappa shape index (κ1) is 27.7. The van der Waals surface area contributed by atoms with Crippen LogP contribution in [0.3, 0.4) is 0 Å². The van der Waals surface area contributed by atoms with Crippen LogP contribution in [0.4, 0.5) is 11.4 Å². The fraction of sp³-hybridized carbons (Fsp3) is 0.312. The molecule has 194 valence electrons. The van der Waals surface area contributed by atoms with E-state index in [0.29, 0.717) is 34.7 Å². The Hall–Kier alpha value is -3.86. The zero-order valence-electron chi connectivity index (χ0n) is 23.0. The largest absolute Gasteiger partial charge is 0.507 e. The second-order valence-electron chi connectivity index (χ2n) is 11.2. The lowest BCUT2D eigenvalue weighted by Crippen LogP contribution is -2.17. The summed E-state index contributed by atoms with van der Waals surface area (Å²) in [6.45, 7) is 16.5. The van der Waals surface area contributed by atoms with Gasteiger partial charge in [0.05, 0.1) is 18.5 Å². The molecule has 5 nitrogen and oxygen atoms in total. The smallest absolute Gasteiger partial charge is 0.166 e. The van der Waals surface area contributed by atoms with Gasteiger partial charge in [0.2, 0.25) is 0 Å². The van der Waals surface area contributed by atoms with E-state index >= 15 is 0 Å². The van der Waals surface area contributed by atoms with Crippen LogP contribution in [0.15, 0.2) is 71.2 Å². The summed E-state index contributed by atoms with van der Waals surface area (Å²) < 4.78 is 5.32. The van der Waals surface area contributed by atoms with Crippen molar-refractivity contribution < 1.29 is 14.9 Å². The van der Waals surface area contributed by atoms with Gasteiger partial charge in [-0.25, -0.2) is 0 Å². The molecule has 0 saturated heterocycles. The minimum atomic E-state index is -0.223. The van der Waals surface area contributed by atoms with Crippen molar-refractivity contribution in [2.75, 3.05) is 7.11 Å². The van der Waals surface area contributed by atoms with Crippen LogP contribution in [-0.4, -0.2) is 29.8 Å². The quantitative estimate of drug-likeness (QED) is 0.256. The number of phenols is 2. The van der Waals surface area contributed by atoms with Crippen molar-refractivity contribution in [3.8, 4) is 17.2 Å². The van der Waals surface area contributed by atoms with Gasteiger partial charge in [0.25, 0.3) is 0 Å². The third-order valence-electron chi connectivity index (χ3n) is 6.14. The van der Waals surface area contributed by atoms with E-state index in [9.17, 15) is 10.2 Å². The van der Waals surface area contributed by atoms with Crippen molar-refractivity contribution in [2.24, 2.45) is 9.98 Å². The molecule has 0 heterocycles. The molecule has 0 saturated carbocycles. The van der Waals surface area contributed by atoms with Crippen LogP contribution in [-0.2, 0) is 17.3 Å². The number of aliphatic imine (C=N–C) groups is 2. The number of ether oxygens (including phenoxy) is 1. The molecule has 3 rings (SSSR count). The molecule has 37 heavy (non-hydrogen) atoms. The highest BCUT2D eigenvalue weighted by atomic mass is 16.5. The van der Waals surface area contributed by atoms with Gasteiger partial charge >= 0.3 is 0 Å². The highest BCUT2D eigenvalue weighted by Crippen LogP contribution is 2.38. The molecule has 3 aromatic rings. The Kier molecular flexibility index (Phi) is 8.27. The van der Waals surface area contributed by atoms with Crippen LogP contribution in [0, 0.1) is 0 Å². The predicted molar refractivity (Wildman–Crippen MR) is 155 cm³/mol. The normalized spacial score (nSPS) is 12.4. The van der Waals surface area contributed by atoms with E-state index in [1.165, 1.54) is 7.11 Å². The first-order chi connectivity index (χ1) is 17.3. The monoisotopic (exact) mass is 498 g/mol. The number of rotatable bonds is 7. The Labute approximate surface area is 220 Å². The molecule has 0 fully saturated rings. The molecule has 0 amide bonds. The highest BCUT2D eigenvalue weighted by molar-refractivity contribution is 5.90. The summed E-state index contributed by atoms with van der Waals surface area (Å²) in [5.41, 5.74) is 5.15. The molecule has 0 unspecified atom stereocenters. The second kappa shape index (κ2) is 11.0. The predicted octanol–water partition coefficient (Wildman–Crippen LogP) is 7.93. The Morgan fingerprint density at radius 3 is 1.86 bits per heavy atom. The molecule has 0 radical (unpaired) electrons. The Morgan fingerprint density at radius 2 is 1.38 bits per heavy atom. The summed E-state index contributed by atoms with van der Waals surface area (Å²) in [7, 11) is 1.52. The van der Waals surface area contributed by atoms with Gasteiger partial charge < -0.3 is 14.9 Å². The zero-order chi connectivity index (χ0) is 27.4. The molecule has 0 aromatic heterocycles. The van der Waals surface area contributed by atoms with Crippen LogP contribution in [0.1, 0.15) is 69.4 Å². The van der Waals surface area contributed by atoms with Gasteiger partial charge in [-0.1, -0.05) is 65.8 Å². The van der Waals surface area contributed by atoms with Gasteiger partial charge in [-0.05, 0) is 58.7 Å². The number of hydrogen-bond acceptors (Lipinski definition) is 5. The maximum Gasteiger partial charge on any atom is 0.166 e. The first-order valence-corrected chi connectivity index (χ1v) is 12.4. The van der Waals surface area contributed by atoms with Crippen molar-refractivity contribution in [1.82, 2.24) is 0 Å². The number of para-hydroxylation sites is 2. The lowest BCUT2D eigenvalue weighted by Gasteiger charge is -2.27. The van der Waals surface area contributed by atoms with Crippen LogP contribution in [0.25, 0.3) is 0 Å². The van der Waals surface area contributed by atoms with Gasteiger partial charge in [0.15, 0.2) is 11.5 Å². The number of phenolic OH excluding ortho intramolecular Hbond substituents is 2. The molecule has 0 bridgehead atoms. The molecule has 3 aromatic carbocycles. The van der Waals surface area contributed by atoms with Gasteiger partial charge in [0, 0.05) is 29.1 Å². The minimum Gasteiger partial charge on any atom is -0.507 e. The first-order valence-electron chi connectivity index (χ1n) is 12.4. The van der Waals surface area contributed by atoms with E-state index in [4.69, 9.17) is 9.73 Å². The van der Waals surface area contributed by atoms with Crippen LogP contribution in [0.5, 0.6) is 17.2 Å². The molecular weight excluding hydrogens is 460 g/mol. The Morgan fingerprint density at radius 1 is 0.811 bits per heavy atom. The van der Waals surface area contributed by atoms with Crippen molar-refractivity contribution in [2.45, 2.75) is 58.8 Å². The van der Waals surface area contributed by atoms with Crippen LogP contribution >= 0.6 is 0 Å². The van der Waals surface area contributed by atoms with Crippen LogP contribution in [0.2, 0.25) is 0 Å². The number of nitrogens with zero attached hydrogens (tertiary/aromatic N) is 2. The summed E-state index contributed by atoms with van der Waals surface area (Å²) in [4.78, 5) is 9.32. The fourth-order valence-electron chi connectivity index (χ4n) is 3.95. The molecule has 5 heteroatoms. The van der Waals surface area contributed by atoms with Gasteiger partial charge in [-0.3, -0.25) is 9.98 Å². The molecule has 0 aliphatic heterocycles. The molecule has 0 aliphatic carbocycles. The van der Waals surface area contributed by atoms with E-state index < -0.39 is 0 Å². The third-order valence-corrected chi connectivity index (χ3v) is 6.14. The average Bonchev–Trinajstić information content (AvgIpc) is 2.82. The van der Waals surface area contributed by atoms with Gasteiger partial charge in [0.1, 0.15) is 5.75 Å². The number of hydrogen-bond donors (Lipinski definition) is 2. The highest BCUT2D eigenvalue weighted by Gasteiger charge is 2.24. The van der Waals surface area contributed by atoms with Gasteiger partial charge in [-0.2, -0.15) is 0 Å². The van der Waals surface area contributed by atoms with E-state index in [-0.39, 0.29) is 22.3 Å². The molecule has 0 atom stereocenters. The summed E-state index contributed by atoms with van der Waals surface area (Å²) in [5.74, 6) is 0.649. The Balaban J connectivity index is 2.04. The Bertz CT molecular complexity index is 1340. The standard InChI is InChI=1S/C32H38N2O3/c1-9-12-21-15-22(30(36)28(16-21)37-8)19-33-26-13-10-11-14-27(26)34-20-23-17-24(31(2,3)4)18-25(29(23)35)32(5,6)7/h9-11,13-20,35-36H,1,12H2,2-8H3. The fourth-order valence-corrected chi connectivity index (χ4v) is 3.95. The lowest BCUT2D eigenvalue weighted by atomic mass is 9.79. The van der Waals surface area contributed by atoms with E-state index in [1.807, 2.05) is 36.4 Å². The van der Waals surface area contributed by atoms with Crippen molar-refractivity contribution >= 4 is 23.8 Å². The summed E-state index contributed by atoms with van der Waals surface area (Å²) in [6.07, 6.45) is 5.74. The lowest BCUT2D eigenvalue weighted by molar-refractivity contribution is 0.372. The molecule has 0 spiro atoms. The molecule has 0 aliphatic rings. The summed E-state index contributed by atoms with van der Waals surface area (Å²) in [6, 6.07) is 15.2. The van der Waals surface area contributed by atoms with Crippen molar-refractivity contribution in [3.63, 3.8) is 0 Å². The van der Waals surface area contributed by atoms with E-state index in [2.05, 4.69) is 59.2 Å². The van der Waals surface area contributed by atoms with E-state index in [0.717, 1.165) is 16.7 Å². The average molecular weight is 499 g/mol.